The normalized spacial score (nSPS) is 18.0. The maximum atomic E-state index is 12.7. The molecule has 0 spiro atoms. The molecule has 1 aliphatic heterocycles. The molecule has 1 aliphatic rings. The molecule has 1 amide bonds. The molecule has 0 unspecified atom stereocenters. The van der Waals surface area contributed by atoms with Gasteiger partial charge in [-0.1, -0.05) is 77.8 Å². The van der Waals surface area contributed by atoms with Gasteiger partial charge in [-0.05, 0) is 41.0 Å². The van der Waals surface area contributed by atoms with Gasteiger partial charge in [0.05, 0.1) is 18.7 Å². The Morgan fingerprint density at radius 2 is 1.58 bits per heavy atom. The zero-order chi connectivity index (χ0) is 23.2. The average molecular weight is 485 g/mol. The summed E-state index contributed by atoms with van der Waals surface area (Å²) in [6.07, 6.45) is -1.12. The van der Waals surface area contributed by atoms with Crippen LogP contribution in [0.25, 0.3) is 0 Å². The van der Waals surface area contributed by atoms with E-state index in [9.17, 15) is 9.90 Å². The van der Waals surface area contributed by atoms with E-state index in [0.29, 0.717) is 29.7 Å². The van der Waals surface area contributed by atoms with Gasteiger partial charge >= 0.3 is 6.09 Å². The molecule has 1 fully saturated rings. The van der Waals surface area contributed by atoms with Gasteiger partial charge in [-0.25, -0.2) is 4.79 Å². The van der Waals surface area contributed by atoms with Crippen LogP contribution in [0.15, 0.2) is 78.9 Å². The zero-order valence-corrected chi connectivity index (χ0v) is 19.6. The molecule has 0 radical (unpaired) electrons. The van der Waals surface area contributed by atoms with Crippen LogP contribution >= 0.6 is 23.2 Å². The van der Waals surface area contributed by atoms with Crippen molar-refractivity contribution in [2.45, 2.75) is 31.8 Å². The monoisotopic (exact) mass is 484 g/mol. The van der Waals surface area contributed by atoms with Crippen LogP contribution in [0.2, 0.25) is 10.0 Å². The molecule has 0 aliphatic carbocycles. The molecule has 7 heteroatoms. The molecule has 2 atom stereocenters. The molecule has 0 saturated carbocycles. The standard InChI is InChI=1S/C26H26Cl2N2O3/c27-22-11-9-19(10-12-22)14-29(15-21-7-4-8-23(28)13-21)24-16-30(17-25(24)31)26(32)33-18-20-5-2-1-3-6-20/h1-13,24-25,31H,14-18H2/t24-,25-/m1/s1. The number of β-amino-alcohol motifs (C(OH)–C–C–N with tert-alkyl or cyclic N) is 1. The predicted molar refractivity (Wildman–Crippen MR) is 130 cm³/mol. The number of carbonyl (C=O) groups excluding carboxylic acids is 1. The summed E-state index contributed by atoms with van der Waals surface area (Å²) in [4.78, 5) is 16.4. The molecule has 4 rings (SSSR count). The van der Waals surface area contributed by atoms with Crippen LogP contribution in [0, 0.1) is 0 Å². The maximum absolute atomic E-state index is 12.7. The Morgan fingerprint density at radius 1 is 0.879 bits per heavy atom. The second-order valence-corrected chi connectivity index (χ2v) is 9.11. The van der Waals surface area contributed by atoms with Crippen molar-refractivity contribution in [3.05, 3.63) is 106 Å². The van der Waals surface area contributed by atoms with Crippen LogP contribution in [0.5, 0.6) is 0 Å². The van der Waals surface area contributed by atoms with Gasteiger partial charge in [0.25, 0.3) is 0 Å². The number of halogens is 2. The van der Waals surface area contributed by atoms with Crippen LogP contribution in [-0.4, -0.2) is 46.2 Å². The first kappa shape index (κ1) is 23.6. The van der Waals surface area contributed by atoms with E-state index in [1.807, 2.05) is 78.9 Å². The van der Waals surface area contributed by atoms with Crippen LogP contribution in [0.1, 0.15) is 16.7 Å². The summed E-state index contributed by atoms with van der Waals surface area (Å²) in [5, 5.41) is 12.2. The summed E-state index contributed by atoms with van der Waals surface area (Å²) in [7, 11) is 0. The molecule has 33 heavy (non-hydrogen) atoms. The highest BCUT2D eigenvalue weighted by Gasteiger charge is 2.38. The summed E-state index contributed by atoms with van der Waals surface area (Å²) in [6.45, 7) is 1.98. The number of aliphatic hydroxyl groups is 1. The van der Waals surface area contributed by atoms with Gasteiger partial charge in [-0.15, -0.1) is 0 Å². The van der Waals surface area contributed by atoms with Gasteiger partial charge in [0.2, 0.25) is 0 Å². The van der Waals surface area contributed by atoms with Gasteiger partial charge in [0.15, 0.2) is 0 Å². The number of hydrogen-bond acceptors (Lipinski definition) is 4. The highest BCUT2D eigenvalue weighted by atomic mass is 35.5. The third-order valence-corrected chi connectivity index (χ3v) is 6.25. The fourth-order valence-corrected chi connectivity index (χ4v) is 4.41. The van der Waals surface area contributed by atoms with E-state index in [1.54, 1.807) is 4.90 Å². The van der Waals surface area contributed by atoms with Crippen molar-refractivity contribution in [1.29, 1.82) is 0 Å². The lowest BCUT2D eigenvalue weighted by Crippen LogP contribution is -2.42. The minimum absolute atomic E-state index is 0.202. The number of nitrogens with zero attached hydrogens (tertiary/aromatic N) is 2. The van der Waals surface area contributed by atoms with Crippen molar-refractivity contribution < 1.29 is 14.6 Å². The van der Waals surface area contributed by atoms with Crippen LogP contribution in [0.4, 0.5) is 4.79 Å². The number of carbonyl (C=O) groups is 1. The van der Waals surface area contributed by atoms with Crippen molar-refractivity contribution in [1.82, 2.24) is 9.80 Å². The molecular weight excluding hydrogens is 459 g/mol. The number of amides is 1. The molecule has 3 aromatic carbocycles. The molecule has 1 N–H and O–H groups in total. The molecule has 172 valence electrons. The van der Waals surface area contributed by atoms with E-state index in [-0.39, 0.29) is 19.2 Å². The third kappa shape index (κ3) is 6.49. The first-order valence-electron chi connectivity index (χ1n) is 10.8. The average Bonchev–Trinajstić information content (AvgIpc) is 3.21. The minimum Gasteiger partial charge on any atom is -0.445 e. The van der Waals surface area contributed by atoms with E-state index >= 15 is 0 Å². The molecule has 0 aromatic heterocycles. The van der Waals surface area contributed by atoms with E-state index in [1.165, 1.54) is 0 Å². The van der Waals surface area contributed by atoms with Gasteiger partial charge in [-0.3, -0.25) is 4.90 Å². The summed E-state index contributed by atoms with van der Waals surface area (Å²) in [6, 6.07) is 24.6. The van der Waals surface area contributed by atoms with Crippen molar-refractivity contribution in [3.63, 3.8) is 0 Å². The molecular formula is C26H26Cl2N2O3. The maximum Gasteiger partial charge on any atom is 0.410 e. The number of benzene rings is 3. The Labute approximate surface area is 204 Å². The summed E-state index contributed by atoms with van der Waals surface area (Å²) in [5.41, 5.74) is 3.03. The van der Waals surface area contributed by atoms with Crippen LogP contribution in [-0.2, 0) is 24.4 Å². The number of likely N-dealkylation sites (tertiary alicyclic amines) is 1. The zero-order valence-electron chi connectivity index (χ0n) is 18.1. The largest absolute Gasteiger partial charge is 0.445 e. The van der Waals surface area contributed by atoms with Gasteiger partial charge in [0.1, 0.15) is 6.61 Å². The van der Waals surface area contributed by atoms with Crippen molar-refractivity contribution in [2.24, 2.45) is 0 Å². The van der Waals surface area contributed by atoms with E-state index in [0.717, 1.165) is 16.7 Å². The highest BCUT2D eigenvalue weighted by Crippen LogP contribution is 2.24. The Kier molecular flexibility index (Phi) is 7.89. The molecule has 1 saturated heterocycles. The first-order valence-corrected chi connectivity index (χ1v) is 11.6. The lowest BCUT2D eigenvalue weighted by Gasteiger charge is -2.31. The van der Waals surface area contributed by atoms with E-state index < -0.39 is 12.2 Å². The quantitative estimate of drug-likeness (QED) is 0.489. The second kappa shape index (κ2) is 11.0. The Morgan fingerprint density at radius 3 is 2.30 bits per heavy atom. The molecule has 5 nitrogen and oxygen atoms in total. The molecule has 3 aromatic rings. The minimum atomic E-state index is -0.694. The Balaban J connectivity index is 1.46. The topological polar surface area (TPSA) is 53.0 Å². The summed E-state index contributed by atoms with van der Waals surface area (Å²) >= 11 is 12.2. The Hall–Kier alpha value is -2.57. The number of aliphatic hydroxyl groups excluding tert-OH is 1. The second-order valence-electron chi connectivity index (χ2n) is 8.24. The van der Waals surface area contributed by atoms with Gasteiger partial charge < -0.3 is 14.7 Å². The molecule has 0 bridgehead atoms. The number of ether oxygens (including phenoxy) is 1. The fraction of sp³-hybridized carbons (Fsp3) is 0.269. The summed E-state index contributed by atoms with van der Waals surface area (Å²) in [5.74, 6) is 0. The van der Waals surface area contributed by atoms with Crippen LogP contribution in [0.3, 0.4) is 0 Å². The van der Waals surface area contributed by atoms with Crippen molar-refractivity contribution in [3.8, 4) is 0 Å². The number of rotatable bonds is 7. The number of hydrogen-bond donors (Lipinski definition) is 1. The Bertz CT molecular complexity index is 1060. The van der Waals surface area contributed by atoms with Crippen molar-refractivity contribution in [2.75, 3.05) is 13.1 Å². The van der Waals surface area contributed by atoms with Crippen molar-refractivity contribution >= 4 is 29.3 Å². The SMILES string of the molecule is O=C(OCc1ccccc1)N1C[C@@H](O)[C@H](N(Cc2ccc(Cl)cc2)Cc2cccc(Cl)c2)C1. The van der Waals surface area contributed by atoms with Gasteiger partial charge in [-0.2, -0.15) is 0 Å². The molecule has 1 heterocycles. The van der Waals surface area contributed by atoms with Gasteiger partial charge in [0, 0.05) is 29.7 Å². The third-order valence-electron chi connectivity index (χ3n) is 5.77. The first-order chi connectivity index (χ1) is 16.0. The van der Waals surface area contributed by atoms with Crippen LogP contribution < -0.4 is 0 Å². The van der Waals surface area contributed by atoms with E-state index in [2.05, 4.69) is 4.90 Å². The predicted octanol–water partition coefficient (Wildman–Crippen LogP) is 5.38. The summed E-state index contributed by atoms with van der Waals surface area (Å²) < 4.78 is 5.48. The lowest BCUT2D eigenvalue weighted by atomic mass is 10.1. The lowest BCUT2D eigenvalue weighted by molar-refractivity contribution is 0.0728. The smallest absolute Gasteiger partial charge is 0.410 e. The van der Waals surface area contributed by atoms with E-state index in [4.69, 9.17) is 27.9 Å². The fourth-order valence-electron chi connectivity index (χ4n) is 4.07. The highest BCUT2D eigenvalue weighted by molar-refractivity contribution is 6.30.